The Labute approximate surface area is 187 Å². The molecule has 2 aliphatic rings. The Hall–Kier alpha value is -2.78. The molecular formula is C23H26FN5O2S. The van der Waals surface area contributed by atoms with Gasteiger partial charge in [0.25, 0.3) is 0 Å². The van der Waals surface area contributed by atoms with Crippen molar-refractivity contribution in [3.63, 3.8) is 0 Å². The summed E-state index contributed by atoms with van der Waals surface area (Å²) in [5.41, 5.74) is 1.94. The largest absolute Gasteiger partial charge is 0.362 e. The van der Waals surface area contributed by atoms with Gasteiger partial charge in [0.1, 0.15) is 17.4 Å². The first kappa shape index (κ1) is 21.1. The van der Waals surface area contributed by atoms with E-state index >= 15 is 4.39 Å². The number of halogens is 1. The number of anilines is 1. The van der Waals surface area contributed by atoms with Crippen molar-refractivity contribution >= 4 is 15.7 Å². The molecule has 0 bridgehead atoms. The predicted molar refractivity (Wildman–Crippen MR) is 120 cm³/mol. The molecule has 1 aromatic heterocycles. The zero-order valence-corrected chi connectivity index (χ0v) is 18.7. The van der Waals surface area contributed by atoms with Crippen LogP contribution >= 0.6 is 0 Å². The molecule has 168 valence electrons. The van der Waals surface area contributed by atoms with E-state index in [0.29, 0.717) is 18.5 Å². The molecule has 2 unspecified atom stereocenters. The Morgan fingerprint density at radius 1 is 1.09 bits per heavy atom. The smallest absolute Gasteiger partial charge is 0.221 e. The van der Waals surface area contributed by atoms with E-state index in [2.05, 4.69) is 15.1 Å². The maximum Gasteiger partial charge on any atom is 0.221 e. The lowest BCUT2D eigenvalue weighted by atomic mass is 10.0. The van der Waals surface area contributed by atoms with Crippen LogP contribution in [-0.4, -0.2) is 40.1 Å². The number of fused-ring (bicyclic) bond motifs is 1. The van der Waals surface area contributed by atoms with Gasteiger partial charge in [0.2, 0.25) is 10.0 Å². The minimum atomic E-state index is -3.60. The van der Waals surface area contributed by atoms with Gasteiger partial charge in [-0.3, -0.25) is 0 Å². The molecule has 1 fully saturated rings. The van der Waals surface area contributed by atoms with Crippen molar-refractivity contribution < 1.29 is 12.8 Å². The van der Waals surface area contributed by atoms with Crippen LogP contribution in [0.4, 0.5) is 10.1 Å². The lowest BCUT2D eigenvalue weighted by Crippen LogP contribution is -2.44. The Balaban J connectivity index is 1.37. The van der Waals surface area contributed by atoms with E-state index in [1.165, 1.54) is 10.4 Å². The predicted octanol–water partition coefficient (Wildman–Crippen LogP) is 3.49. The maximum absolute atomic E-state index is 15.1. The molecule has 0 spiro atoms. The first-order valence-corrected chi connectivity index (χ1v) is 12.4. The highest BCUT2D eigenvalue weighted by Crippen LogP contribution is 2.38. The maximum atomic E-state index is 15.1. The van der Waals surface area contributed by atoms with Gasteiger partial charge in [-0.05, 0) is 37.5 Å². The SMILES string of the molecule is CC1CCC(c2ccccc2)S(=O)(=O)N1Cc1ccc(N2CCn3cnnc3C2)cc1F. The van der Waals surface area contributed by atoms with Crippen LogP contribution in [0.25, 0.3) is 0 Å². The average Bonchev–Trinajstić information content (AvgIpc) is 3.26. The summed E-state index contributed by atoms with van der Waals surface area (Å²) in [6.45, 7) is 3.98. The number of aromatic nitrogens is 3. The van der Waals surface area contributed by atoms with Gasteiger partial charge in [-0.25, -0.2) is 12.8 Å². The third-order valence-corrected chi connectivity index (χ3v) is 8.93. The topological polar surface area (TPSA) is 71.3 Å². The highest BCUT2D eigenvalue weighted by atomic mass is 32.2. The molecule has 0 aliphatic carbocycles. The first-order valence-electron chi connectivity index (χ1n) is 10.9. The number of rotatable bonds is 4. The molecule has 0 saturated carbocycles. The van der Waals surface area contributed by atoms with Crippen molar-refractivity contribution in [2.75, 3.05) is 11.4 Å². The summed E-state index contributed by atoms with van der Waals surface area (Å²) < 4.78 is 45.4. The van der Waals surface area contributed by atoms with E-state index in [-0.39, 0.29) is 12.6 Å². The minimum Gasteiger partial charge on any atom is -0.362 e. The number of hydrogen-bond acceptors (Lipinski definition) is 5. The van der Waals surface area contributed by atoms with Crippen molar-refractivity contribution in [3.05, 3.63) is 77.6 Å². The van der Waals surface area contributed by atoms with Crippen LogP contribution in [0.5, 0.6) is 0 Å². The molecule has 0 radical (unpaired) electrons. The zero-order valence-electron chi connectivity index (χ0n) is 17.9. The van der Waals surface area contributed by atoms with Crippen LogP contribution in [0.2, 0.25) is 0 Å². The van der Waals surface area contributed by atoms with Gasteiger partial charge >= 0.3 is 0 Å². The number of benzene rings is 2. The summed E-state index contributed by atoms with van der Waals surface area (Å²) in [7, 11) is -3.60. The lowest BCUT2D eigenvalue weighted by molar-refractivity contribution is 0.279. The number of hydrogen-bond donors (Lipinski definition) is 0. The van der Waals surface area contributed by atoms with Crippen LogP contribution in [0, 0.1) is 5.82 Å². The van der Waals surface area contributed by atoms with Crippen LogP contribution < -0.4 is 4.90 Å². The summed E-state index contributed by atoms with van der Waals surface area (Å²) in [5.74, 6) is 0.458. The Bertz CT molecular complexity index is 1210. The fourth-order valence-corrected chi connectivity index (χ4v) is 6.86. The molecule has 7 nitrogen and oxygen atoms in total. The van der Waals surface area contributed by atoms with E-state index < -0.39 is 21.1 Å². The molecule has 0 amide bonds. The molecular weight excluding hydrogens is 429 g/mol. The van der Waals surface area contributed by atoms with Crippen molar-refractivity contribution in [1.82, 2.24) is 19.1 Å². The second kappa shape index (κ2) is 8.29. The van der Waals surface area contributed by atoms with Gasteiger partial charge in [-0.2, -0.15) is 4.31 Å². The second-order valence-electron chi connectivity index (χ2n) is 8.55. The Morgan fingerprint density at radius 2 is 1.91 bits per heavy atom. The molecule has 3 aromatic rings. The highest BCUT2D eigenvalue weighted by Gasteiger charge is 2.40. The monoisotopic (exact) mass is 455 g/mol. The van der Waals surface area contributed by atoms with Crippen LogP contribution in [0.15, 0.2) is 54.9 Å². The fourth-order valence-electron chi connectivity index (χ4n) is 4.67. The summed E-state index contributed by atoms with van der Waals surface area (Å²) in [6, 6.07) is 14.2. The zero-order chi connectivity index (χ0) is 22.3. The average molecular weight is 456 g/mol. The van der Waals surface area contributed by atoms with Crippen LogP contribution in [0.1, 0.15) is 42.0 Å². The number of nitrogens with zero attached hydrogens (tertiary/aromatic N) is 5. The summed E-state index contributed by atoms with van der Waals surface area (Å²) >= 11 is 0. The highest BCUT2D eigenvalue weighted by molar-refractivity contribution is 7.89. The van der Waals surface area contributed by atoms with Gasteiger partial charge in [-0.15, -0.1) is 10.2 Å². The van der Waals surface area contributed by atoms with Crippen molar-refractivity contribution in [2.24, 2.45) is 0 Å². The molecule has 2 atom stereocenters. The van der Waals surface area contributed by atoms with Crippen molar-refractivity contribution in [2.45, 2.75) is 50.7 Å². The quantitative estimate of drug-likeness (QED) is 0.602. The van der Waals surface area contributed by atoms with E-state index in [9.17, 15) is 8.42 Å². The molecule has 2 aliphatic heterocycles. The lowest BCUT2D eigenvalue weighted by Gasteiger charge is -2.37. The third-order valence-electron chi connectivity index (χ3n) is 6.56. The molecule has 32 heavy (non-hydrogen) atoms. The van der Waals surface area contributed by atoms with Crippen molar-refractivity contribution in [1.29, 1.82) is 0 Å². The third kappa shape index (κ3) is 3.80. The molecule has 2 aromatic carbocycles. The van der Waals surface area contributed by atoms with Gasteiger partial charge < -0.3 is 9.47 Å². The van der Waals surface area contributed by atoms with E-state index in [1.54, 1.807) is 12.4 Å². The molecule has 9 heteroatoms. The molecule has 0 N–H and O–H groups in total. The van der Waals surface area contributed by atoms with Gasteiger partial charge in [0, 0.05) is 36.9 Å². The van der Waals surface area contributed by atoms with Crippen LogP contribution in [0.3, 0.4) is 0 Å². The van der Waals surface area contributed by atoms with Gasteiger partial charge in [-0.1, -0.05) is 36.4 Å². The van der Waals surface area contributed by atoms with E-state index in [0.717, 1.165) is 36.6 Å². The van der Waals surface area contributed by atoms with E-state index in [1.807, 2.05) is 47.9 Å². The summed E-state index contributed by atoms with van der Waals surface area (Å²) in [6.07, 6.45) is 3.03. The fraction of sp³-hybridized carbons (Fsp3) is 0.391. The number of sulfonamides is 1. The molecule has 1 saturated heterocycles. The first-order chi connectivity index (χ1) is 15.4. The Morgan fingerprint density at radius 3 is 2.69 bits per heavy atom. The Kier molecular flexibility index (Phi) is 5.46. The van der Waals surface area contributed by atoms with Crippen LogP contribution in [-0.2, 0) is 29.7 Å². The molecule has 3 heterocycles. The molecule has 5 rings (SSSR count). The van der Waals surface area contributed by atoms with E-state index in [4.69, 9.17) is 0 Å². The summed E-state index contributed by atoms with van der Waals surface area (Å²) in [5, 5.41) is 7.45. The van der Waals surface area contributed by atoms with Gasteiger partial charge in [0.05, 0.1) is 6.54 Å². The van der Waals surface area contributed by atoms with Gasteiger partial charge in [0.15, 0.2) is 5.82 Å². The second-order valence-corrected chi connectivity index (χ2v) is 10.6. The van der Waals surface area contributed by atoms with Crippen molar-refractivity contribution in [3.8, 4) is 0 Å². The minimum absolute atomic E-state index is 0.0350. The summed E-state index contributed by atoms with van der Waals surface area (Å²) in [4.78, 5) is 2.06. The normalized spacial score (nSPS) is 23.1. The standard InChI is InChI=1S/C23H26FN5O2S/c1-17-7-10-22(18-5-3-2-4-6-18)32(30,31)29(17)14-19-8-9-20(13-21(19)24)27-11-12-28-16-25-26-23(28)15-27/h2-6,8-9,13,16-17,22H,7,10-12,14-15H2,1H3.